The first kappa shape index (κ1) is 11.6. The number of thiophene rings is 1. The molecule has 1 rings (SSSR count). The lowest BCUT2D eigenvalue weighted by molar-refractivity contribution is -0.120. The number of thiol groups is 1. The summed E-state index contributed by atoms with van der Waals surface area (Å²) in [6.07, 6.45) is 1.44. The van der Waals surface area contributed by atoms with Gasteiger partial charge in [-0.3, -0.25) is 4.79 Å². The van der Waals surface area contributed by atoms with Crippen LogP contribution in [0.4, 0.5) is 0 Å². The normalized spacial score (nSPS) is 10.1. The Labute approximate surface area is 94.1 Å². The van der Waals surface area contributed by atoms with Crippen molar-refractivity contribution in [3.63, 3.8) is 0 Å². The van der Waals surface area contributed by atoms with Crippen molar-refractivity contribution in [2.45, 2.75) is 19.8 Å². The second-order valence-corrected chi connectivity index (χ2v) is 4.55. The number of nitrogens with one attached hydrogen (secondary N) is 1. The third kappa shape index (κ3) is 3.72. The van der Waals surface area contributed by atoms with Gasteiger partial charge in [0, 0.05) is 17.8 Å². The maximum Gasteiger partial charge on any atom is 0.220 e. The molecule has 1 amide bonds. The van der Waals surface area contributed by atoms with Crippen LogP contribution in [0.2, 0.25) is 0 Å². The Morgan fingerprint density at radius 1 is 1.64 bits per heavy atom. The van der Waals surface area contributed by atoms with Crippen LogP contribution < -0.4 is 5.32 Å². The Kier molecular flexibility index (Phi) is 5.04. The van der Waals surface area contributed by atoms with E-state index >= 15 is 0 Å². The third-order valence-corrected chi connectivity index (χ3v) is 3.29. The number of hydrogen-bond donors (Lipinski definition) is 2. The van der Waals surface area contributed by atoms with Crippen LogP contribution >= 0.6 is 24.0 Å². The molecular weight excluding hydrogens is 214 g/mol. The molecule has 4 heteroatoms. The van der Waals surface area contributed by atoms with Gasteiger partial charge in [-0.25, -0.2) is 0 Å². The smallest absolute Gasteiger partial charge is 0.220 e. The lowest BCUT2D eigenvalue weighted by atomic mass is 10.2. The number of amides is 1. The van der Waals surface area contributed by atoms with Crippen LogP contribution in [0.25, 0.3) is 0 Å². The van der Waals surface area contributed by atoms with E-state index in [1.54, 1.807) is 11.3 Å². The molecule has 14 heavy (non-hydrogen) atoms. The first-order chi connectivity index (χ1) is 6.74. The number of carbonyl (C=O) groups excluding carboxylic acids is 1. The van der Waals surface area contributed by atoms with E-state index in [2.05, 4.69) is 36.3 Å². The summed E-state index contributed by atoms with van der Waals surface area (Å²) < 4.78 is 0. The highest BCUT2D eigenvalue weighted by molar-refractivity contribution is 7.80. The van der Waals surface area contributed by atoms with Gasteiger partial charge in [-0.1, -0.05) is 0 Å². The van der Waals surface area contributed by atoms with Crippen molar-refractivity contribution in [3.05, 3.63) is 21.9 Å². The van der Waals surface area contributed by atoms with Crippen molar-refractivity contribution in [1.82, 2.24) is 5.32 Å². The topological polar surface area (TPSA) is 29.1 Å². The van der Waals surface area contributed by atoms with E-state index in [0.29, 0.717) is 12.2 Å². The van der Waals surface area contributed by atoms with Gasteiger partial charge in [0.1, 0.15) is 0 Å². The van der Waals surface area contributed by atoms with E-state index in [4.69, 9.17) is 0 Å². The van der Waals surface area contributed by atoms with Gasteiger partial charge in [-0.2, -0.15) is 12.6 Å². The summed E-state index contributed by atoms with van der Waals surface area (Å²) >= 11 is 5.75. The summed E-state index contributed by atoms with van der Waals surface area (Å²) in [7, 11) is 0. The molecule has 0 fully saturated rings. The SMILES string of the molecule is Cc1ccsc1CCNC(=O)CCS. The Bertz CT molecular complexity index is 296. The number of hydrogen-bond acceptors (Lipinski definition) is 3. The Hall–Kier alpha value is -0.480. The molecule has 1 aromatic heterocycles. The fourth-order valence-corrected chi connectivity index (χ4v) is 2.28. The molecule has 0 saturated heterocycles. The lowest BCUT2D eigenvalue weighted by Crippen LogP contribution is -2.25. The van der Waals surface area contributed by atoms with Gasteiger partial charge >= 0.3 is 0 Å². The number of carbonyl (C=O) groups is 1. The highest BCUT2D eigenvalue weighted by Gasteiger charge is 2.01. The molecule has 0 aliphatic rings. The van der Waals surface area contributed by atoms with Crippen molar-refractivity contribution >= 4 is 29.9 Å². The fraction of sp³-hybridized carbons (Fsp3) is 0.500. The zero-order chi connectivity index (χ0) is 10.4. The van der Waals surface area contributed by atoms with E-state index in [1.165, 1.54) is 10.4 Å². The zero-order valence-corrected chi connectivity index (χ0v) is 9.96. The van der Waals surface area contributed by atoms with Gasteiger partial charge in [-0.05, 0) is 36.1 Å². The van der Waals surface area contributed by atoms with Gasteiger partial charge in [0.05, 0.1) is 0 Å². The van der Waals surface area contributed by atoms with E-state index in [9.17, 15) is 4.79 Å². The van der Waals surface area contributed by atoms with Crippen LogP contribution in [0.5, 0.6) is 0 Å². The average Bonchev–Trinajstić information content (AvgIpc) is 2.52. The molecule has 0 saturated carbocycles. The van der Waals surface area contributed by atoms with Crippen molar-refractivity contribution in [2.24, 2.45) is 0 Å². The first-order valence-corrected chi connectivity index (χ1v) is 6.15. The van der Waals surface area contributed by atoms with Gasteiger partial charge in [0.25, 0.3) is 0 Å². The Balaban J connectivity index is 2.22. The van der Waals surface area contributed by atoms with E-state index < -0.39 is 0 Å². The molecule has 1 N–H and O–H groups in total. The molecule has 0 aromatic carbocycles. The second-order valence-electron chi connectivity index (χ2n) is 3.10. The zero-order valence-electron chi connectivity index (χ0n) is 8.25. The lowest BCUT2D eigenvalue weighted by Gasteiger charge is -2.03. The minimum atomic E-state index is 0.0919. The summed E-state index contributed by atoms with van der Waals surface area (Å²) in [6.45, 7) is 2.83. The van der Waals surface area contributed by atoms with Crippen LogP contribution in [0.3, 0.4) is 0 Å². The predicted octanol–water partition coefficient (Wildman–Crippen LogP) is 2.04. The van der Waals surface area contributed by atoms with Crippen LogP contribution in [0.1, 0.15) is 16.9 Å². The monoisotopic (exact) mass is 229 g/mol. The van der Waals surface area contributed by atoms with Crippen LogP contribution in [0.15, 0.2) is 11.4 Å². The largest absolute Gasteiger partial charge is 0.356 e. The van der Waals surface area contributed by atoms with Crippen molar-refractivity contribution in [3.8, 4) is 0 Å². The van der Waals surface area contributed by atoms with Crippen molar-refractivity contribution < 1.29 is 4.79 Å². The van der Waals surface area contributed by atoms with Crippen LogP contribution in [-0.4, -0.2) is 18.2 Å². The summed E-state index contributed by atoms with van der Waals surface area (Å²) in [4.78, 5) is 12.5. The summed E-state index contributed by atoms with van der Waals surface area (Å²) in [6, 6.07) is 2.11. The van der Waals surface area contributed by atoms with Gasteiger partial charge in [0.15, 0.2) is 0 Å². The van der Waals surface area contributed by atoms with Crippen LogP contribution in [0, 0.1) is 6.92 Å². The maximum atomic E-state index is 11.1. The summed E-state index contributed by atoms with van der Waals surface area (Å²) in [5, 5.41) is 4.95. The van der Waals surface area contributed by atoms with E-state index in [0.717, 1.165) is 13.0 Å². The Morgan fingerprint density at radius 3 is 3.00 bits per heavy atom. The Morgan fingerprint density at radius 2 is 2.43 bits per heavy atom. The molecule has 0 unspecified atom stereocenters. The molecule has 78 valence electrons. The molecule has 0 aliphatic carbocycles. The van der Waals surface area contributed by atoms with Gasteiger partial charge < -0.3 is 5.32 Å². The molecule has 2 nitrogen and oxygen atoms in total. The van der Waals surface area contributed by atoms with E-state index in [-0.39, 0.29) is 5.91 Å². The highest BCUT2D eigenvalue weighted by Crippen LogP contribution is 2.15. The molecular formula is C10H15NOS2. The molecule has 1 heterocycles. The molecule has 0 atom stereocenters. The maximum absolute atomic E-state index is 11.1. The average molecular weight is 229 g/mol. The quantitative estimate of drug-likeness (QED) is 0.743. The highest BCUT2D eigenvalue weighted by atomic mass is 32.1. The first-order valence-electron chi connectivity index (χ1n) is 4.64. The summed E-state index contributed by atoms with van der Waals surface area (Å²) in [5.41, 5.74) is 1.32. The van der Waals surface area contributed by atoms with E-state index in [1.807, 2.05) is 0 Å². The molecule has 0 aliphatic heterocycles. The second kappa shape index (κ2) is 6.09. The minimum Gasteiger partial charge on any atom is -0.356 e. The standard InChI is InChI=1S/C10H15NOS2/c1-8-4-7-14-9(8)2-5-11-10(12)3-6-13/h4,7,13H,2-3,5-6H2,1H3,(H,11,12). The molecule has 0 radical (unpaired) electrons. The van der Waals surface area contributed by atoms with Crippen molar-refractivity contribution in [2.75, 3.05) is 12.3 Å². The number of aryl methyl sites for hydroxylation is 1. The number of rotatable bonds is 5. The predicted molar refractivity (Wildman–Crippen MR) is 64.2 cm³/mol. The molecule has 0 bridgehead atoms. The van der Waals surface area contributed by atoms with Gasteiger partial charge in [0.2, 0.25) is 5.91 Å². The summed E-state index contributed by atoms with van der Waals surface area (Å²) in [5.74, 6) is 0.707. The van der Waals surface area contributed by atoms with Crippen LogP contribution in [-0.2, 0) is 11.2 Å². The fourth-order valence-electron chi connectivity index (χ4n) is 1.17. The van der Waals surface area contributed by atoms with Gasteiger partial charge in [-0.15, -0.1) is 11.3 Å². The van der Waals surface area contributed by atoms with Crippen molar-refractivity contribution in [1.29, 1.82) is 0 Å². The molecule has 0 spiro atoms. The third-order valence-electron chi connectivity index (χ3n) is 1.98. The minimum absolute atomic E-state index is 0.0919. The molecule has 1 aromatic rings.